The highest BCUT2D eigenvalue weighted by Gasteiger charge is 2.25. The molecule has 1 saturated heterocycles. The van der Waals surface area contributed by atoms with Gasteiger partial charge in [-0.2, -0.15) is 9.40 Å². The van der Waals surface area contributed by atoms with Gasteiger partial charge in [0.25, 0.3) is 5.91 Å². The largest absolute Gasteiger partial charge is 0.370 e. The molecule has 8 nitrogen and oxygen atoms in total. The van der Waals surface area contributed by atoms with Crippen LogP contribution in [-0.4, -0.2) is 54.6 Å². The van der Waals surface area contributed by atoms with E-state index in [0.29, 0.717) is 23.7 Å². The zero-order valence-electron chi connectivity index (χ0n) is 19.6. The minimum atomic E-state index is -3.64. The van der Waals surface area contributed by atoms with E-state index in [9.17, 15) is 13.2 Å². The van der Waals surface area contributed by atoms with Crippen LogP contribution in [0.4, 0.5) is 11.4 Å². The van der Waals surface area contributed by atoms with E-state index in [2.05, 4.69) is 15.3 Å². The van der Waals surface area contributed by atoms with Crippen molar-refractivity contribution >= 4 is 48.9 Å². The van der Waals surface area contributed by atoms with Gasteiger partial charge in [0.2, 0.25) is 10.0 Å². The highest BCUT2D eigenvalue weighted by molar-refractivity contribution is 7.89. The van der Waals surface area contributed by atoms with Crippen LogP contribution in [0, 0.1) is 6.92 Å². The van der Waals surface area contributed by atoms with E-state index in [0.717, 1.165) is 47.5 Å². The van der Waals surface area contributed by atoms with Crippen LogP contribution in [-0.2, 0) is 17.1 Å². The van der Waals surface area contributed by atoms with Crippen LogP contribution in [0.3, 0.4) is 0 Å². The van der Waals surface area contributed by atoms with E-state index in [4.69, 9.17) is 0 Å². The summed E-state index contributed by atoms with van der Waals surface area (Å²) in [6.07, 6.45) is 3.34. The van der Waals surface area contributed by atoms with Crippen LogP contribution in [0.5, 0.6) is 0 Å². The molecule has 3 heterocycles. The Bertz CT molecular complexity index is 1230. The van der Waals surface area contributed by atoms with E-state index in [-0.39, 0.29) is 10.8 Å². The van der Waals surface area contributed by atoms with Crippen LogP contribution in [0.2, 0.25) is 0 Å². The van der Waals surface area contributed by atoms with Gasteiger partial charge in [-0.05, 0) is 50.5 Å². The number of anilines is 2. The minimum Gasteiger partial charge on any atom is -0.370 e. The average Bonchev–Trinajstić information content (AvgIpc) is 3.36. The molecule has 0 radical (unpaired) electrons. The van der Waals surface area contributed by atoms with Gasteiger partial charge in [-0.3, -0.25) is 9.48 Å². The summed E-state index contributed by atoms with van der Waals surface area (Å²) in [5, 5.41) is 8.38. The fraction of sp³-hybridized carbons (Fsp3) is 0.478. The Morgan fingerprint density at radius 1 is 1.15 bits per heavy atom. The quantitative estimate of drug-likeness (QED) is 0.537. The molecule has 1 aromatic carbocycles. The third kappa shape index (κ3) is 4.51. The first kappa shape index (κ1) is 23.7. The van der Waals surface area contributed by atoms with Crippen LogP contribution in [0.1, 0.15) is 48.5 Å². The number of nitrogens with one attached hydrogen (secondary N) is 1. The lowest BCUT2D eigenvalue weighted by atomic mass is 10.1. The van der Waals surface area contributed by atoms with Crippen molar-refractivity contribution in [3.05, 3.63) is 34.8 Å². The van der Waals surface area contributed by atoms with E-state index in [1.54, 1.807) is 16.8 Å². The maximum Gasteiger partial charge on any atom is 0.265 e. The van der Waals surface area contributed by atoms with Gasteiger partial charge in [-0.15, -0.1) is 11.3 Å². The predicted molar refractivity (Wildman–Crippen MR) is 134 cm³/mol. The van der Waals surface area contributed by atoms with Gasteiger partial charge in [-0.1, -0.05) is 13.8 Å². The van der Waals surface area contributed by atoms with Gasteiger partial charge in [0, 0.05) is 38.6 Å². The number of rotatable bonds is 7. The number of amides is 1. The molecule has 4 rings (SSSR count). The van der Waals surface area contributed by atoms with Crippen molar-refractivity contribution in [2.45, 2.75) is 44.9 Å². The first-order valence-corrected chi connectivity index (χ1v) is 13.7. The van der Waals surface area contributed by atoms with Gasteiger partial charge >= 0.3 is 0 Å². The van der Waals surface area contributed by atoms with Crippen molar-refractivity contribution < 1.29 is 13.2 Å². The van der Waals surface area contributed by atoms with Crippen molar-refractivity contribution in [3.63, 3.8) is 0 Å². The number of thiophene rings is 1. The lowest BCUT2D eigenvalue weighted by molar-refractivity contribution is 0.103. The van der Waals surface area contributed by atoms with E-state index >= 15 is 0 Å². The van der Waals surface area contributed by atoms with E-state index < -0.39 is 10.0 Å². The Morgan fingerprint density at radius 2 is 1.85 bits per heavy atom. The standard InChI is InChI=1S/C23H31N5O3S2/c1-5-28(6-2)33(30,31)17-10-11-20(27-12-8-7-9-13-27)19(14-17)24-22(29)21-15-18-16(3)25-26(4)23(18)32-21/h10-11,14-15H,5-9,12-13H2,1-4H3,(H,24,29). The van der Waals surface area contributed by atoms with E-state index in [1.165, 1.54) is 22.1 Å². The Balaban J connectivity index is 1.72. The average molecular weight is 490 g/mol. The summed E-state index contributed by atoms with van der Waals surface area (Å²) in [7, 11) is -1.78. The summed E-state index contributed by atoms with van der Waals surface area (Å²) in [6.45, 7) is 8.13. The van der Waals surface area contributed by atoms with Crippen molar-refractivity contribution in [1.82, 2.24) is 14.1 Å². The van der Waals surface area contributed by atoms with Crippen LogP contribution in [0.25, 0.3) is 10.2 Å². The maximum atomic E-state index is 13.2. The number of hydrogen-bond acceptors (Lipinski definition) is 6. The number of aromatic nitrogens is 2. The second-order valence-corrected chi connectivity index (χ2v) is 11.3. The summed E-state index contributed by atoms with van der Waals surface area (Å²) in [5.41, 5.74) is 2.27. The van der Waals surface area contributed by atoms with Crippen molar-refractivity contribution in [2.75, 3.05) is 36.4 Å². The zero-order valence-corrected chi connectivity index (χ0v) is 21.2. The lowest BCUT2D eigenvalue weighted by Crippen LogP contribution is -2.32. The Morgan fingerprint density at radius 3 is 2.48 bits per heavy atom. The molecule has 2 aromatic heterocycles. The Labute approximate surface area is 199 Å². The fourth-order valence-corrected chi connectivity index (χ4v) is 6.90. The van der Waals surface area contributed by atoms with Crippen molar-refractivity contribution in [2.24, 2.45) is 7.05 Å². The van der Waals surface area contributed by atoms with Crippen LogP contribution in [0.15, 0.2) is 29.2 Å². The van der Waals surface area contributed by atoms with Crippen LogP contribution >= 0.6 is 11.3 Å². The molecule has 33 heavy (non-hydrogen) atoms. The molecule has 1 fully saturated rings. The topological polar surface area (TPSA) is 87.5 Å². The third-order valence-corrected chi connectivity index (χ3v) is 9.42. The highest BCUT2D eigenvalue weighted by Crippen LogP contribution is 2.34. The SMILES string of the molecule is CCN(CC)S(=O)(=O)c1ccc(N2CCCCC2)c(NC(=O)c2cc3c(C)nn(C)c3s2)c1. The first-order chi connectivity index (χ1) is 15.8. The zero-order chi connectivity index (χ0) is 23.8. The molecular weight excluding hydrogens is 458 g/mol. The molecule has 1 aliphatic heterocycles. The number of benzene rings is 1. The Kier molecular flexibility index (Phi) is 6.78. The lowest BCUT2D eigenvalue weighted by Gasteiger charge is -2.31. The maximum absolute atomic E-state index is 13.2. The number of nitrogens with zero attached hydrogens (tertiary/aromatic N) is 4. The summed E-state index contributed by atoms with van der Waals surface area (Å²) in [6, 6.07) is 6.95. The van der Waals surface area contributed by atoms with Gasteiger partial charge in [0.05, 0.1) is 26.8 Å². The van der Waals surface area contributed by atoms with E-state index in [1.807, 2.05) is 40.0 Å². The number of sulfonamides is 1. The second-order valence-electron chi connectivity index (χ2n) is 8.31. The van der Waals surface area contributed by atoms with Gasteiger partial charge in [-0.25, -0.2) is 8.42 Å². The predicted octanol–water partition coefficient (Wildman–Crippen LogP) is 4.22. The molecule has 0 saturated carbocycles. The summed E-state index contributed by atoms with van der Waals surface area (Å²) in [4.78, 5) is 17.2. The molecule has 178 valence electrons. The summed E-state index contributed by atoms with van der Waals surface area (Å²) < 4.78 is 29.5. The highest BCUT2D eigenvalue weighted by atomic mass is 32.2. The number of piperidine rings is 1. The van der Waals surface area contributed by atoms with Gasteiger partial charge < -0.3 is 10.2 Å². The molecule has 0 aliphatic carbocycles. The van der Waals surface area contributed by atoms with Gasteiger partial charge in [0.15, 0.2) is 0 Å². The number of carbonyl (C=O) groups excluding carboxylic acids is 1. The fourth-order valence-electron chi connectivity index (χ4n) is 4.40. The molecule has 3 aromatic rings. The van der Waals surface area contributed by atoms with Gasteiger partial charge in [0.1, 0.15) is 4.83 Å². The minimum absolute atomic E-state index is 0.193. The molecule has 1 N–H and O–H groups in total. The Hall–Kier alpha value is -2.43. The monoisotopic (exact) mass is 489 g/mol. The number of carbonyl (C=O) groups is 1. The second kappa shape index (κ2) is 9.44. The smallest absolute Gasteiger partial charge is 0.265 e. The molecule has 1 amide bonds. The molecule has 0 atom stereocenters. The molecular formula is C23H31N5O3S2. The van der Waals surface area contributed by atoms with Crippen LogP contribution < -0.4 is 10.2 Å². The number of aryl methyl sites for hydroxylation is 2. The summed E-state index contributed by atoms with van der Waals surface area (Å²) >= 11 is 1.38. The molecule has 10 heteroatoms. The normalized spacial score (nSPS) is 14.9. The van der Waals surface area contributed by atoms with Crippen molar-refractivity contribution in [1.29, 1.82) is 0 Å². The number of hydrogen-bond donors (Lipinski definition) is 1. The summed E-state index contributed by atoms with van der Waals surface area (Å²) in [5.74, 6) is -0.244. The molecule has 1 aliphatic rings. The molecule has 0 unspecified atom stereocenters. The van der Waals surface area contributed by atoms with Crippen molar-refractivity contribution in [3.8, 4) is 0 Å². The number of fused-ring (bicyclic) bond motifs is 1. The molecule has 0 bridgehead atoms. The molecule has 0 spiro atoms. The third-order valence-electron chi connectivity index (χ3n) is 6.18. The first-order valence-electron chi connectivity index (χ1n) is 11.4.